The van der Waals surface area contributed by atoms with Crippen LogP contribution in [0, 0.1) is 5.92 Å². The van der Waals surface area contributed by atoms with Gasteiger partial charge in [-0.05, 0) is 5.92 Å². The van der Waals surface area contributed by atoms with Crippen molar-refractivity contribution >= 4 is 0 Å². The molecule has 0 radical (unpaired) electrons. The van der Waals surface area contributed by atoms with Crippen molar-refractivity contribution in [3.63, 3.8) is 0 Å². The van der Waals surface area contributed by atoms with Gasteiger partial charge in [-0.25, -0.2) is 0 Å². The Kier molecular flexibility index (Phi) is 72.0. The molecule has 0 aromatic rings. The van der Waals surface area contributed by atoms with Gasteiger partial charge < -0.3 is 0 Å². The monoisotopic (exact) mass is 1050 g/mol. The predicted molar refractivity (Wildman–Crippen MR) is 348 cm³/mol. The van der Waals surface area contributed by atoms with E-state index in [1.165, 1.54) is 456 Å². The van der Waals surface area contributed by atoms with Crippen LogP contribution in [0.5, 0.6) is 0 Å². The molecule has 0 N–H and O–H groups in total. The van der Waals surface area contributed by atoms with Gasteiger partial charge in [0.05, 0.1) is 0 Å². The van der Waals surface area contributed by atoms with E-state index in [1.807, 2.05) is 0 Å². The molecule has 0 rings (SSSR count). The third kappa shape index (κ3) is 70.1. The minimum Gasteiger partial charge on any atom is -0.0654 e. The minimum atomic E-state index is 1.03. The van der Waals surface area contributed by atoms with Crippen LogP contribution in [0.2, 0.25) is 0 Å². The molecule has 0 spiro atoms. The van der Waals surface area contributed by atoms with E-state index in [4.69, 9.17) is 0 Å². The molecular weight excluding hydrogens is 901 g/mol. The molecule has 0 saturated carbocycles. The Morgan fingerprint density at radius 3 is 0.280 bits per heavy atom. The van der Waals surface area contributed by atoms with E-state index in [-0.39, 0.29) is 0 Å². The van der Waals surface area contributed by atoms with Crippen LogP contribution in [0.3, 0.4) is 0 Å². The van der Waals surface area contributed by atoms with Crippen LogP contribution < -0.4 is 0 Å². The van der Waals surface area contributed by atoms with E-state index in [9.17, 15) is 0 Å². The molecule has 0 heteroatoms. The largest absolute Gasteiger partial charge is 0.0654 e. The van der Waals surface area contributed by atoms with Gasteiger partial charge in [-0.1, -0.05) is 477 Å². The van der Waals surface area contributed by atoms with Crippen molar-refractivity contribution < 1.29 is 0 Å². The Morgan fingerprint density at radius 1 is 0.107 bits per heavy atom. The van der Waals surface area contributed by atoms with Gasteiger partial charge in [0.15, 0.2) is 0 Å². The lowest BCUT2D eigenvalue weighted by Crippen LogP contribution is -2.01. The SMILES string of the molecule is CCCCCCCCCCCCCCCCCCCCCCCCCCCCCCCC(CCCCCCCCCCCCCCCCCCCCC)CCCCCCCCCCCCCCCCCCCCCC. The van der Waals surface area contributed by atoms with Crippen LogP contribution in [0.4, 0.5) is 0 Å². The van der Waals surface area contributed by atoms with Crippen molar-refractivity contribution in [3.05, 3.63) is 0 Å². The summed E-state index contributed by atoms with van der Waals surface area (Å²) in [6.07, 6.45) is 106. The van der Waals surface area contributed by atoms with Gasteiger partial charge >= 0.3 is 0 Å². The molecule has 0 bridgehead atoms. The first-order valence-corrected chi connectivity index (χ1v) is 37.3. The average Bonchev–Trinajstić information content (AvgIpc) is 3.42. The number of hydrogen-bond donors (Lipinski definition) is 0. The topological polar surface area (TPSA) is 0 Å². The molecule has 452 valence electrons. The maximum Gasteiger partial charge on any atom is -0.0414 e. The summed E-state index contributed by atoms with van der Waals surface area (Å²) in [6.45, 7) is 6.97. The van der Waals surface area contributed by atoms with Crippen LogP contribution >= 0.6 is 0 Å². The second-order valence-electron chi connectivity index (χ2n) is 26.2. The van der Waals surface area contributed by atoms with Crippen LogP contribution in [-0.2, 0) is 0 Å². The molecule has 1 atom stereocenters. The second kappa shape index (κ2) is 72.0. The summed E-state index contributed by atoms with van der Waals surface area (Å²) in [7, 11) is 0. The maximum absolute atomic E-state index is 2.32. The fraction of sp³-hybridized carbons (Fsp3) is 1.00. The molecule has 0 aliphatic carbocycles. The van der Waals surface area contributed by atoms with Crippen molar-refractivity contribution in [2.24, 2.45) is 5.92 Å². The third-order valence-corrected chi connectivity index (χ3v) is 18.4. The summed E-state index contributed by atoms with van der Waals surface area (Å²) in [6, 6.07) is 0. The molecule has 0 fully saturated rings. The first-order valence-electron chi connectivity index (χ1n) is 37.3. The van der Waals surface area contributed by atoms with E-state index in [0.717, 1.165) is 5.92 Å². The fourth-order valence-electron chi connectivity index (χ4n) is 12.9. The molecule has 0 nitrogen and oxygen atoms in total. The van der Waals surface area contributed by atoms with Gasteiger partial charge in [0.1, 0.15) is 0 Å². The molecule has 0 aromatic heterocycles. The quantitative estimate of drug-likeness (QED) is 0.0533. The van der Waals surface area contributed by atoms with E-state index in [0.29, 0.717) is 0 Å². The van der Waals surface area contributed by atoms with E-state index < -0.39 is 0 Å². The highest BCUT2D eigenvalue weighted by molar-refractivity contribution is 4.63. The van der Waals surface area contributed by atoms with Gasteiger partial charge in [0.25, 0.3) is 0 Å². The lowest BCUT2D eigenvalue weighted by molar-refractivity contribution is 0.365. The van der Waals surface area contributed by atoms with Crippen LogP contribution in [-0.4, -0.2) is 0 Å². The lowest BCUT2D eigenvalue weighted by Gasteiger charge is -2.17. The molecular formula is C75H152. The molecule has 0 amide bonds. The van der Waals surface area contributed by atoms with Crippen molar-refractivity contribution in [1.82, 2.24) is 0 Å². The van der Waals surface area contributed by atoms with Crippen LogP contribution in [0.1, 0.15) is 477 Å². The summed E-state index contributed by atoms with van der Waals surface area (Å²) in [5.74, 6) is 1.03. The average molecular weight is 1050 g/mol. The lowest BCUT2D eigenvalue weighted by atomic mass is 9.89. The van der Waals surface area contributed by atoms with E-state index in [2.05, 4.69) is 20.8 Å². The highest BCUT2D eigenvalue weighted by Gasteiger charge is 2.09. The standard InChI is InChI=1S/C75H152/c1-4-7-10-13-16-19-22-25-28-31-34-36-37-38-39-40-41-42-43-44-47-50-53-56-59-62-65-68-71-74-75(72-69-66-63-60-57-54-51-48-45-33-30-27-24-21-18-15-12-9-6-3)73-70-67-64-61-58-55-52-49-46-35-32-29-26-23-20-17-14-11-8-5-2/h75H,4-74H2,1-3H3. The minimum absolute atomic E-state index is 1.03. The molecule has 0 saturated heterocycles. The number of rotatable bonds is 71. The van der Waals surface area contributed by atoms with Gasteiger partial charge in [-0.3, -0.25) is 0 Å². The Balaban J connectivity index is 3.93. The van der Waals surface area contributed by atoms with Crippen molar-refractivity contribution in [2.45, 2.75) is 477 Å². The fourth-order valence-corrected chi connectivity index (χ4v) is 12.9. The molecule has 1 unspecified atom stereocenters. The zero-order valence-electron chi connectivity index (χ0n) is 53.8. The van der Waals surface area contributed by atoms with Gasteiger partial charge in [-0.15, -0.1) is 0 Å². The summed E-state index contributed by atoms with van der Waals surface area (Å²) in [4.78, 5) is 0. The zero-order chi connectivity index (χ0) is 53.8. The molecule has 0 aliphatic heterocycles. The van der Waals surface area contributed by atoms with E-state index in [1.54, 1.807) is 0 Å². The van der Waals surface area contributed by atoms with Crippen molar-refractivity contribution in [3.8, 4) is 0 Å². The summed E-state index contributed by atoms with van der Waals surface area (Å²) >= 11 is 0. The highest BCUT2D eigenvalue weighted by Crippen LogP contribution is 2.26. The first-order chi connectivity index (χ1) is 37.3. The summed E-state index contributed by atoms with van der Waals surface area (Å²) in [5.41, 5.74) is 0. The smallest absolute Gasteiger partial charge is 0.0414 e. The third-order valence-electron chi connectivity index (χ3n) is 18.4. The van der Waals surface area contributed by atoms with Crippen molar-refractivity contribution in [1.29, 1.82) is 0 Å². The normalized spacial score (nSPS) is 12.2. The predicted octanol–water partition coefficient (Wildman–Crippen LogP) is 29.4. The Hall–Kier alpha value is 0. The summed E-state index contributed by atoms with van der Waals surface area (Å²) < 4.78 is 0. The van der Waals surface area contributed by atoms with Crippen LogP contribution in [0.25, 0.3) is 0 Å². The van der Waals surface area contributed by atoms with Gasteiger partial charge in [-0.2, -0.15) is 0 Å². The second-order valence-corrected chi connectivity index (χ2v) is 26.2. The number of unbranched alkanes of at least 4 members (excludes halogenated alkanes) is 65. The van der Waals surface area contributed by atoms with E-state index >= 15 is 0 Å². The van der Waals surface area contributed by atoms with Gasteiger partial charge in [0.2, 0.25) is 0 Å². The Labute approximate surface area is 480 Å². The summed E-state index contributed by atoms with van der Waals surface area (Å²) in [5, 5.41) is 0. The Bertz CT molecular complexity index is 919. The molecule has 75 heavy (non-hydrogen) atoms. The molecule has 0 heterocycles. The molecule has 0 aliphatic rings. The maximum atomic E-state index is 2.32. The van der Waals surface area contributed by atoms with Crippen molar-refractivity contribution in [2.75, 3.05) is 0 Å². The van der Waals surface area contributed by atoms with Gasteiger partial charge in [0, 0.05) is 0 Å². The van der Waals surface area contributed by atoms with Crippen LogP contribution in [0.15, 0.2) is 0 Å². The zero-order valence-corrected chi connectivity index (χ0v) is 53.8. The highest BCUT2D eigenvalue weighted by atomic mass is 14.2. The Morgan fingerprint density at radius 2 is 0.187 bits per heavy atom. The molecule has 0 aromatic carbocycles. The number of hydrogen-bond acceptors (Lipinski definition) is 0. The first kappa shape index (κ1) is 75.0.